The van der Waals surface area contributed by atoms with Crippen LogP contribution in [0, 0.1) is 11.6 Å². The summed E-state index contributed by atoms with van der Waals surface area (Å²) in [4.78, 5) is 11.7. The fourth-order valence-electron chi connectivity index (χ4n) is 1.55. The van der Waals surface area contributed by atoms with Crippen molar-refractivity contribution in [2.45, 2.75) is 6.54 Å². The maximum atomic E-state index is 13.5. The minimum atomic E-state index is -0.827. The molecule has 0 saturated heterocycles. The van der Waals surface area contributed by atoms with Crippen molar-refractivity contribution in [1.29, 1.82) is 0 Å². The van der Waals surface area contributed by atoms with Crippen molar-refractivity contribution in [2.75, 3.05) is 12.4 Å². The molecule has 7 heteroatoms. The second-order valence-electron chi connectivity index (χ2n) is 3.73. The van der Waals surface area contributed by atoms with E-state index in [1.54, 1.807) is 6.07 Å². The second-order valence-corrected chi connectivity index (χ2v) is 3.73. The van der Waals surface area contributed by atoms with Gasteiger partial charge in [-0.3, -0.25) is 4.79 Å². The molecule has 0 saturated carbocycles. The first-order valence-electron chi connectivity index (χ1n) is 5.46. The van der Waals surface area contributed by atoms with Crippen molar-refractivity contribution in [3.05, 3.63) is 47.4 Å². The number of nitrogens with zero attached hydrogens (tertiary/aromatic N) is 1. The third-order valence-corrected chi connectivity index (χ3v) is 2.47. The van der Waals surface area contributed by atoms with E-state index in [0.29, 0.717) is 5.76 Å². The summed E-state index contributed by atoms with van der Waals surface area (Å²) in [5.74, 6) is -1.81. The topological polar surface area (TPSA) is 67.2 Å². The molecule has 0 fully saturated rings. The highest BCUT2D eigenvalue weighted by atomic mass is 19.1. The Morgan fingerprint density at radius 2 is 2.05 bits per heavy atom. The van der Waals surface area contributed by atoms with Crippen molar-refractivity contribution < 1.29 is 18.1 Å². The molecule has 0 unspecified atom stereocenters. The number of aromatic nitrogens is 1. The summed E-state index contributed by atoms with van der Waals surface area (Å²) in [6.07, 6.45) is 1.43. The summed E-state index contributed by atoms with van der Waals surface area (Å²) in [6, 6.07) is 3.50. The van der Waals surface area contributed by atoms with Crippen molar-refractivity contribution in [3.63, 3.8) is 0 Å². The maximum Gasteiger partial charge on any atom is 0.251 e. The van der Waals surface area contributed by atoms with Gasteiger partial charge in [-0.1, -0.05) is 5.16 Å². The number of anilines is 1. The Kier molecular flexibility index (Phi) is 3.74. The van der Waals surface area contributed by atoms with Gasteiger partial charge in [-0.2, -0.15) is 0 Å². The van der Waals surface area contributed by atoms with Gasteiger partial charge < -0.3 is 15.2 Å². The molecule has 1 aromatic heterocycles. The summed E-state index contributed by atoms with van der Waals surface area (Å²) >= 11 is 0. The lowest BCUT2D eigenvalue weighted by molar-refractivity contribution is 0.0946. The first-order valence-corrected chi connectivity index (χ1v) is 5.46. The molecule has 0 radical (unpaired) electrons. The van der Waals surface area contributed by atoms with Gasteiger partial charge in [0.05, 0.1) is 12.7 Å². The normalized spacial score (nSPS) is 10.3. The zero-order valence-corrected chi connectivity index (χ0v) is 10.0. The highest BCUT2D eigenvalue weighted by Crippen LogP contribution is 2.20. The van der Waals surface area contributed by atoms with Crippen LogP contribution >= 0.6 is 0 Å². The molecule has 19 heavy (non-hydrogen) atoms. The molecule has 5 nitrogen and oxygen atoms in total. The van der Waals surface area contributed by atoms with E-state index in [4.69, 9.17) is 4.52 Å². The zero-order valence-electron chi connectivity index (χ0n) is 10.0. The summed E-state index contributed by atoms with van der Waals surface area (Å²) < 4.78 is 31.7. The largest absolute Gasteiger partial charge is 0.383 e. The van der Waals surface area contributed by atoms with Crippen LogP contribution in [0.25, 0.3) is 0 Å². The van der Waals surface area contributed by atoms with Gasteiger partial charge >= 0.3 is 0 Å². The van der Waals surface area contributed by atoms with Crippen LogP contribution < -0.4 is 10.6 Å². The van der Waals surface area contributed by atoms with Gasteiger partial charge in [-0.15, -0.1) is 0 Å². The molecule has 0 aliphatic rings. The number of hydrogen-bond acceptors (Lipinski definition) is 4. The number of carbonyl (C=O) groups excluding carboxylic acids is 1. The molecule has 0 aliphatic heterocycles. The van der Waals surface area contributed by atoms with Crippen molar-refractivity contribution in [1.82, 2.24) is 10.5 Å². The van der Waals surface area contributed by atoms with Gasteiger partial charge in [0.1, 0.15) is 17.3 Å². The third-order valence-electron chi connectivity index (χ3n) is 2.47. The highest BCUT2D eigenvalue weighted by Gasteiger charge is 2.14. The Labute approximate surface area is 107 Å². The van der Waals surface area contributed by atoms with E-state index in [0.717, 1.165) is 12.1 Å². The summed E-state index contributed by atoms with van der Waals surface area (Å²) in [6.45, 7) is 0.0931. The molecule has 1 aromatic carbocycles. The van der Waals surface area contributed by atoms with Gasteiger partial charge in [0.15, 0.2) is 5.76 Å². The monoisotopic (exact) mass is 267 g/mol. The SMILES string of the molecule is CNc1c(F)cc(C(=O)NCc2ccno2)cc1F. The lowest BCUT2D eigenvalue weighted by atomic mass is 10.1. The fourth-order valence-corrected chi connectivity index (χ4v) is 1.55. The van der Waals surface area contributed by atoms with Gasteiger partial charge in [-0.05, 0) is 12.1 Å². The molecule has 0 bridgehead atoms. The molecule has 2 aromatic rings. The van der Waals surface area contributed by atoms with Gasteiger partial charge in [0.2, 0.25) is 0 Å². The number of nitrogens with one attached hydrogen (secondary N) is 2. The van der Waals surface area contributed by atoms with Crippen LogP contribution in [0.3, 0.4) is 0 Å². The average molecular weight is 267 g/mol. The van der Waals surface area contributed by atoms with Crippen LogP contribution in [-0.2, 0) is 6.54 Å². The number of hydrogen-bond donors (Lipinski definition) is 2. The molecular weight excluding hydrogens is 256 g/mol. The first-order chi connectivity index (χ1) is 9.11. The minimum Gasteiger partial charge on any atom is -0.383 e. The quantitative estimate of drug-likeness (QED) is 0.888. The summed E-state index contributed by atoms with van der Waals surface area (Å²) in [5, 5.41) is 8.32. The number of carbonyl (C=O) groups is 1. The fraction of sp³-hybridized carbons (Fsp3) is 0.167. The predicted molar refractivity (Wildman–Crippen MR) is 63.6 cm³/mol. The lowest BCUT2D eigenvalue weighted by Crippen LogP contribution is -2.23. The predicted octanol–water partition coefficient (Wildman–Crippen LogP) is 1.92. The number of halogens is 2. The van der Waals surface area contributed by atoms with Crippen LogP contribution in [-0.4, -0.2) is 18.1 Å². The smallest absolute Gasteiger partial charge is 0.251 e. The molecule has 0 spiro atoms. The van der Waals surface area contributed by atoms with Gasteiger partial charge in [0, 0.05) is 18.7 Å². The van der Waals surface area contributed by atoms with Crippen molar-refractivity contribution >= 4 is 11.6 Å². The molecule has 0 atom stereocenters. The Balaban J connectivity index is 2.11. The van der Waals surface area contributed by atoms with Crippen LogP contribution in [0.1, 0.15) is 16.1 Å². The summed E-state index contributed by atoms with van der Waals surface area (Å²) in [7, 11) is 1.39. The van der Waals surface area contributed by atoms with Crippen molar-refractivity contribution in [3.8, 4) is 0 Å². The molecular formula is C12H11F2N3O2. The zero-order chi connectivity index (χ0) is 13.8. The highest BCUT2D eigenvalue weighted by molar-refractivity contribution is 5.94. The second kappa shape index (κ2) is 5.47. The van der Waals surface area contributed by atoms with E-state index in [2.05, 4.69) is 15.8 Å². The third kappa shape index (κ3) is 2.87. The van der Waals surface area contributed by atoms with Gasteiger partial charge in [0.25, 0.3) is 5.91 Å². The Hall–Kier alpha value is -2.44. The van der Waals surface area contributed by atoms with E-state index in [9.17, 15) is 13.6 Å². The molecule has 1 amide bonds. The molecule has 1 heterocycles. The Bertz CT molecular complexity index is 562. The molecule has 100 valence electrons. The number of benzene rings is 1. The van der Waals surface area contributed by atoms with E-state index >= 15 is 0 Å². The van der Waals surface area contributed by atoms with Gasteiger partial charge in [-0.25, -0.2) is 8.78 Å². The van der Waals surface area contributed by atoms with Crippen molar-refractivity contribution in [2.24, 2.45) is 0 Å². The van der Waals surface area contributed by atoms with E-state index in [1.165, 1.54) is 13.2 Å². The summed E-state index contributed by atoms with van der Waals surface area (Å²) in [5.41, 5.74) is -0.375. The standard InChI is InChI=1S/C12H11F2N3O2/c1-15-11-9(13)4-7(5-10(11)14)12(18)16-6-8-2-3-17-19-8/h2-5,15H,6H2,1H3,(H,16,18). The van der Waals surface area contributed by atoms with E-state index in [1.807, 2.05) is 0 Å². The van der Waals surface area contributed by atoms with E-state index in [-0.39, 0.29) is 17.8 Å². The molecule has 2 N–H and O–H groups in total. The number of amides is 1. The van der Waals surface area contributed by atoms with Crippen LogP contribution in [0.2, 0.25) is 0 Å². The Morgan fingerprint density at radius 1 is 1.37 bits per heavy atom. The maximum absolute atomic E-state index is 13.5. The van der Waals surface area contributed by atoms with Crippen LogP contribution in [0.15, 0.2) is 28.9 Å². The molecule has 0 aliphatic carbocycles. The van der Waals surface area contributed by atoms with Crippen LogP contribution in [0.5, 0.6) is 0 Å². The Morgan fingerprint density at radius 3 is 2.58 bits per heavy atom. The lowest BCUT2D eigenvalue weighted by Gasteiger charge is -2.07. The van der Waals surface area contributed by atoms with E-state index < -0.39 is 17.5 Å². The average Bonchev–Trinajstić information content (AvgIpc) is 2.88. The first kappa shape index (κ1) is 13.0. The minimum absolute atomic E-state index is 0.0931. The number of rotatable bonds is 4. The van der Waals surface area contributed by atoms with Crippen LogP contribution in [0.4, 0.5) is 14.5 Å². The molecule has 2 rings (SSSR count).